The second kappa shape index (κ2) is 6.25. The Balaban J connectivity index is 2.13. The fraction of sp³-hybridized carbons (Fsp3) is 0.357. The minimum Gasteiger partial charge on any atom is -0.480 e. The Kier molecular flexibility index (Phi) is 4.42. The van der Waals surface area contributed by atoms with Gasteiger partial charge in [-0.3, -0.25) is 9.69 Å². The molecule has 1 aromatic rings. The highest BCUT2D eigenvalue weighted by molar-refractivity contribution is 6.01. The quantitative estimate of drug-likeness (QED) is 0.799. The van der Waals surface area contributed by atoms with Gasteiger partial charge in [-0.05, 0) is 18.6 Å². The summed E-state index contributed by atoms with van der Waals surface area (Å²) in [5.41, 5.74) is 1.34. The van der Waals surface area contributed by atoms with Crippen LogP contribution < -0.4 is 10.2 Å². The molecule has 1 atom stereocenters. The summed E-state index contributed by atoms with van der Waals surface area (Å²) in [7, 11) is 0. The molecule has 112 valence electrons. The third kappa shape index (κ3) is 3.13. The van der Waals surface area contributed by atoms with Gasteiger partial charge in [-0.2, -0.15) is 0 Å². The Morgan fingerprint density at radius 2 is 2.10 bits per heavy atom. The number of carboxylic acids is 1. The molecule has 7 nitrogen and oxygen atoms in total. The molecule has 2 N–H and O–H groups in total. The summed E-state index contributed by atoms with van der Waals surface area (Å²) >= 11 is 0. The van der Waals surface area contributed by atoms with Crippen molar-refractivity contribution in [1.29, 1.82) is 0 Å². The van der Waals surface area contributed by atoms with Crippen molar-refractivity contribution in [3.8, 4) is 0 Å². The van der Waals surface area contributed by atoms with E-state index in [9.17, 15) is 19.5 Å². The predicted molar refractivity (Wildman–Crippen MR) is 74.1 cm³/mol. The van der Waals surface area contributed by atoms with Gasteiger partial charge >= 0.3 is 18.0 Å². The molecule has 0 aliphatic carbocycles. The number of nitrogens with zero attached hydrogens (tertiary/aromatic N) is 1. The van der Waals surface area contributed by atoms with Gasteiger partial charge in [0.1, 0.15) is 12.6 Å². The Hall–Kier alpha value is -2.57. The van der Waals surface area contributed by atoms with Gasteiger partial charge in [-0.1, -0.05) is 18.2 Å². The Labute approximate surface area is 121 Å². The number of aliphatic carboxylic acids is 1. The lowest BCUT2D eigenvalue weighted by Crippen LogP contribution is -2.49. The van der Waals surface area contributed by atoms with E-state index in [0.717, 1.165) is 10.5 Å². The van der Waals surface area contributed by atoms with Crippen LogP contribution in [0.2, 0.25) is 0 Å². The number of rotatable bonds is 4. The topological polar surface area (TPSA) is 95.9 Å². The monoisotopic (exact) mass is 292 g/mol. The average Bonchev–Trinajstić information content (AvgIpc) is 2.85. The van der Waals surface area contributed by atoms with E-state index in [4.69, 9.17) is 4.74 Å². The summed E-state index contributed by atoms with van der Waals surface area (Å²) in [5, 5.41) is 11.6. The molecular formula is C14H16N2O5. The number of urea groups is 1. The summed E-state index contributed by atoms with van der Waals surface area (Å²) < 4.78 is 4.71. The first-order valence-electron chi connectivity index (χ1n) is 6.58. The molecule has 1 aliphatic heterocycles. The largest absolute Gasteiger partial charge is 0.480 e. The number of esters is 1. The number of hydrogen-bond donors (Lipinski definition) is 2. The first-order chi connectivity index (χ1) is 10.0. The fourth-order valence-electron chi connectivity index (χ4n) is 2.28. The number of carboxylic acid groups (broad SMARTS) is 1. The third-order valence-electron chi connectivity index (χ3n) is 3.17. The van der Waals surface area contributed by atoms with Crippen LogP contribution in [0.15, 0.2) is 24.3 Å². The van der Waals surface area contributed by atoms with Crippen LogP contribution in [-0.2, 0) is 20.7 Å². The lowest BCUT2D eigenvalue weighted by atomic mass is 10.1. The van der Waals surface area contributed by atoms with E-state index in [1.807, 2.05) is 0 Å². The Morgan fingerprint density at radius 1 is 1.38 bits per heavy atom. The van der Waals surface area contributed by atoms with Gasteiger partial charge in [0, 0.05) is 12.1 Å². The van der Waals surface area contributed by atoms with Crippen molar-refractivity contribution >= 4 is 23.7 Å². The maximum atomic E-state index is 12.2. The number of ether oxygens (including phenoxy) is 1. The first-order valence-corrected chi connectivity index (χ1v) is 6.58. The Morgan fingerprint density at radius 3 is 2.76 bits per heavy atom. The minimum atomic E-state index is -1.09. The van der Waals surface area contributed by atoms with Gasteiger partial charge in [-0.25, -0.2) is 9.59 Å². The van der Waals surface area contributed by atoms with Crippen LogP contribution in [-0.4, -0.2) is 42.3 Å². The molecule has 0 radical (unpaired) electrons. The Bertz CT molecular complexity index is 572. The summed E-state index contributed by atoms with van der Waals surface area (Å²) in [4.78, 5) is 35.9. The average molecular weight is 292 g/mol. The van der Waals surface area contributed by atoms with Crippen molar-refractivity contribution < 1.29 is 24.2 Å². The maximum Gasteiger partial charge on any atom is 0.327 e. The van der Waals surface area contributed by atoms with Gasteiger partial charge in [0.15, 0.2) is 0 Å². The van der Waals surface area contributed by atoms with E-state index in [1.54, 1.807) is 31.2 Å². The van der Waals surface area contributed by atoms with E-state index in [1.165, 1.54) is 0 Å². The highest BCUT2D eigenvalue weighted by atomic mass is 16.5. The number of carbonyl (C=O) groups is 3. The molecule has 1 aliphatic rings. The number of amides is 2. The van der Waals surface area contributed by atoms with Crippen molar-refractivity contribution in [2.24, 2.45) is 0 Å². The zero-order chi connectivity index (χ0) is 15.4. The second-order valence-electron chi connectivity index (χ2n) is 4.52. The smallest absolute Gasteiger partial charge is 0.327 e. The van der Waals surface area contributed by atoms with Crippen LogP contribution in [0, 0.1) is 0 Å². The zero-order valence-corrected chi connectivity index (χ0v) is 11.5. The summed E-state index contributed by atoms with van der Waals surface area (Å²) in [5.74, 6) is -1.65. The normalized spacial score (nSPS) is 16.2. The van der Waals surface area contributed by atoms with Crippen LogP contribution in [0.25, 0.3) is 0 Å². The van der Waals surface area contributed by atoms with Gasteiger partial charge in [0.05, 0.1) is 6.61 Å². The molecule has 0 fully saturated rings. The summed E-state index contributed by atoms with van der Waals surface area (Å²) in [6.45, 7) is 1.59. The van der Waals surface area contributed by atoms with E-state index >= 15 is 0 Å². The number of para-hydroxylation sites is 1. The molecule has 0 spiro atoms. The van der Waals surface area contributed by atoms with Crippen molar-refractivity contribution in [1.82, 2.24) is 5.32 Å². The molecule has 2 amide bonds. The molecule has 0 saturated carbocycles. The number of fused-ring (bicyclic) bond motifs is 1. The number of hydrogen-bond acceptors (Lipinski definition) is 4. The standard InChI is InChI=1S/C14H16N2O5/c1-2-21-12(17)8-15-14(20)16-10-6-4-3-5-9(10)7-11(16)13(18)19/h3-6,11H,2,7-8H2,1H3,(H,15,20)(H,18,19)/t11-/m0/s1. The highest BCUT2D eigenvalue weighted by Crippen LogP contribution is 2.32. The van der Waals surface area contributed by atoms with Crippen molar-refractivity contribution in [3.63, 3.8) is 0 Å². The zero-order valence-electron chi connectivity index (χ0n) is 11.5. The number of nitrogens with one attached hydrogen (secondary N) is 1. The second-order valence-corrected chi connectivity index (χ2v) is 4.52. The molecule has 0 bridgehead atoms. The highest BCUT2D eigenvalue weighted by Gasteiger charge is 2.38. The van der Waals surface area contributed by atoms with Crippen molar-refractivity contribution in [2.75, 3.05) is 18.1 Å². The fourth-order valence-corrected chi connectivity index (χ4v) is 2.28. The van der Waals surface area contributed by atoms with Crippen LogP contribution in [0.1, 0.15) is 12.5 Å². The minimum absolute atomic E-state index is 0.221. The summed E-state index contributed by atoms with van der Waals surface area (Å²) in [6.07, 6.45) is 0.248. The van der Waals surface area contributed by atoms with Gasteiger partial charge in [0.2, 0.25) is 0 Å². The van der Waals surface area contributed by atoms with Gasteiger partial charge in [0.25, 0.3) is 0 Å². The number of benzene rings is 1. The predicted octanol–water partition coefficient (Wildman–Crippen LogP) is 0.775. The molecule has 2 rings (SSSR count). The molecule has 0 unspecified atom stereocenters. The number of carbonyl (C=O) groups excluding carboxylic acids is 2. The molecule has 1 aromatic carbocycles. The van der Waals surface area contributed by atoms with Crippen molar-refractivity contribution in [2.45, 2.75) is 19.4 Å². The molecular weight excluding hydrogens is 276 g/mol. The number of anilines is 1. The van der Waals surface area contributed by atoms with E-state index in [0.29, 0.717) is 5.69 Å². The van der Waals surface area contributed by atoms with Crippen molar-refractivity contribution in [3.05, 3.63) is 29.8 Å². The van der Waals surface area contributed by atoms with E-state index < -0.39 is 24.0 Å². The maximum absolute atomic E-state index is 12.2. The lowest BCUT2D eigenvalue weighted by Gasteiger charge is -2.22. The van der Waals surface area contributed by atoms with Crippen LogP contribution in [0.4, 0.5) is 10.5 Å². The van der Waals surface area contributed by atoms with Gasteiger partial charge < -0.3 is 15.2 Å². The van der Waals surface area contributed by atoms with Crippen LogP contribution in [0.3, 0.4) is 0 Å². The van der Waals surface area contributed by atoms with Gasteiger partial charge in [-0.15, -0.1) is 0 Å². The summed E-state index contributed by atoms with van der Waals surface area (Å²) in [6, 6.07) is 5.39. The molecule has 0 aromatic heterocycles. The molecule has 0 saturated heterocycles. The third-order valence-corrected chi connectivity index (χ3v) is 3.17. The first kappa shape index (κ1) is 14.8. The molecule has 1 heterocycles. The van der Waals surface area contributed by atoms with Crippen LogP contribution >= 0.6 is 0 Å². The lowest BCUT2D eigenvalue weighted by molar-refractivity contribution is -0.141. The molecule has 7 heteroatoms. The van der Waals surface area contributed by atoms with E-state index in [2.05, 4.69) is 5.32 Å². The van der Waals surface area contributed by atoms with Crippen LogP contribution in [0.5, 0.6) is 0 Å². The van der Waals surface area contributed by atoms with E-state index in [-0.39, 0.29) is 19.6 Å². The molecule has 21 heavy (non-hydrogen) atoms. The SMILES string of the molecule is CCOC(=O)CNC(=O)N1c2ccccc2C[C@H]1C(=O)O.